The highest BCUT2D eigenvalue weighted by Crippen LogP contribution is 2.19. The van der Waals surface area contributed by atoms with Gasteiger partial charge < -0.3 is 10.2 Å². The van der Waals surface area contributed by atoms with Crippen molar-refractivity contribution in [2.24, 2.45) is 0 Å². The van der Waals surface area contributed by atoms with Crippen molar-refractivity contribution in [1.29, 1.82) is 0 Å². The first-order valence-corrected chi connectivity index (χ1v) is 9.60. The summed E-state index contributed by atoms with van der Waals surface area (Å²) >= 11 is 0. The molecule has 0 radical (unpaired) electrons. The molecule has 4 N–H and O–H groups in total. The smallest absolute Gasteiger partial charge is 0.320 e. The van der Waals surface area contributed by atoms with E-state index in [2.05, 4.69) is 9.44 Å². The van der Waals surface area contributed by atoms with Gasteiger partial charge in [-0.3, -0.25) is 19.0 Å². The van der Waals surface area contributed by atoms with Crippen LogP contribution < -0.4 is 9.44 Å². The lowest BCUT2D eigenvalue weighted by Gasteiger charge is -2.06. The summed E-state index contributed by atoms with van der Waals surface area (Å²) in [5.41, 5.74) is 0. The molecule has 2 amide bonds. The minimum Gasteiger partial charge on any atom is -0.393 e. The minimum absolute atomic E-state index is 0.458. The molecule has 0 aromatic rings. The van der Waals surface area contributed by atoms with Gasteiger partial charge in [0.2, 0.25) is 0 Å². The van der Waals surface area contributed by atoms with Crippen molar-refractivity contribution < 1.29 is 19.8 Å². The third kappa shape index (κ3) is 11.4. The predicted octanol–water partition coefficient (Wildman–Crippen LogP) is 0.573. The number of hydrogen-bond acceptors (Lipinski definition) is 8. The van der Waals surface area contributed by atoms with E-state index in [1.54, 1.807) is 13.8 Å². The van der Waals surface area contributed by atoms with E-state index in [4.69, 9.17) is 10.2 Å². The summed E-state index contributed by atoms with van der Waals surface area (Å²) in [6.45, 7) is 3.27. The van der Waals surface area contributed by atoms with E-state index in [1.807, 2.05) is 0 Å². The Labute approximate surface area is 122 Å². The number of nitrogens with one attached hydrogen (secondary N) is 2. The number of hydrogen-bond donors (Lipinski definition) is 4. The van der Waals surface area contributed by atoms with Crippen molar-refractivity contribution in [2.45, 2.75) is 26.1 Å². The number of carbonyl (C=O) groups is 2. The largest absolute Gasteiger partial charge is 0.393 e. The summed E-state index contributed by atoms with van der Waals surface area (Å²) in [5, 5.41) is 17.9. The van der Waals surface area contributed by atoms with Crippen LogP contribution in [0.1, 0.15) is 13.8 Å². The molecule has 0 spiro atoms. The fourth-order valence-corrected chi connectivity index (χ4v) is 3.87. The Bertz CT molecular complexity index is 239. The van der Waals surface area contributed by atoms with Crippen LogP contribution in [0.5, 0.6) is 0 Å². The number of aliphatic hydroxyl groups excluding tert-OH is 2. The lowest BCUT2D eigenvalue weighted by atomic mass is 10.5. The Kier molecular flexibility index (Phi) is 11.3. The van der Waals surface area contributed by atoms with E-state index >= 15 is 0 Å². The van der Waals surface area contributed by atoms with Gasteiger partial charge in [-0.25, -0.2) is 0 Å². The van der Waals surface area contributed by atoms with Crippen molar-refractivity contribution in [3.8, 4) is 0 Å². The SMILES string of the molecule is CC(O)CSSNC(=O)C(=O)NSSCC(C)O. The highest BCUT2D eigenvalue weighted by Gasteiger charge is 2.13. The molecule has 2 unspecified atom stereocenters. The molecule has 2 atom stereocenters. The predicted molar refractivity (Wildman–Crippen MR) is 79.7 cm³/mol. The molecule has 106 valence electrons. The molecule has 0 saturated heterocycles. The molecule has 10 heteroatoms. The van der Waals surface area contributed by atoms with Gasteiger partial charge in [0.1, 0.15) is 0 Å². The summed E-state index contributed by atoms with van der Waals surface area (Å²) in [6.07, 6.45) is -0.915. The van der Waals surface area contributed by atoms with Gasteiger partial charge in [-0.15, -0.1) is 0 Å². The van der Waals surface area contributed by atoms with Crippen LogP contribution in [0.15, 0.2) is 0 Å². The molecule has 0 heterocycles. The van der Waals surface area contributed by atoms with E-state index in [0.29, 0.717) is 11.5 Å². The third-order valence-electron chi connectivity index (χ3n) is 1.21. The molecule has 18 heavy (non-hydrogen) atoms. The summed E-state index contributed by atoms with van der Waals surface area (Å²) < 4.78 is 4.67. The lowest BCUT2D eigenvalue weighted by Crippen LogP contribution is -2.33. The number of carbonyl (C=O) groups excluding carboxylic acids is 2. The van der Waals surface area contributed by atoms with Crippen LogP contribution in [0.2, 0.25) is 0 Å². The first-order chi connectivity index (χ1) is 8.43. The molecule has 0 aliphatic carbocycles. The van der Waals surface area contributed by atoms with Gasteiger partial charge in [-0.2, -0.15) is 0 Å². The first-order valence-electron chi connectivity index (χ1n) is 4.96. The second kappa shape index (κ2) is 11.1. The number of amides is 2. The zero-order valence-electron chi connectivity index (χ0n) is 9.91. The van der Waals surface area contributed by atoms with Crippen LogP contribution in [0.3, 0.4) is 0 Å². The van der Waals surface area contributed by atoms with Crippen LogP contribution in [-0.2, 0) is 9.59 Å². The van der Waals surface area contributed by atoms with Crippen LogP contribution in [-0.4, -0.2) is 45.7 Å². The molecular formula is C8H16N2O4S4. The van der Waals surface area contributed by atoms with E-state index in [0.717, 1.165) is 22.0 Å². The van der Waals surface area contributed by atoms with Crippen molar-refractivity contribution in [1.82, 2.24) is 9.44 Å². The fraction of sp³-hybridized carbons (Fsp3) is 0.750. The molecule has 0 fully saturated rings. The maximum Gasteiger partial charge on any atom is 0.320 e. The second-order valence-electron chi connectivity index (χ2n) is 3.30. The number of aliphatic hydroxyl groups is 2. The highest BCUT2D eigenvalue weighted by molar-refractivity contribution is 8.76. The molecule has 0 aromatic carbocycles. The Morgan fingerprint density at radius 2 is 1.28 bits per heavy atom. The first kappa shape index (κ1) is 18.3. The molecular weight excluding hydrogens is 316 g/mol. The van der Waals surface area contributed by atoms with E-state index in [9.17, 15) is 9.59 Å². The van der Waals surface area contributed by atoms with Gasteiger partial charge in [-0.1, -0.05) is 21.6 Å². The van der Waals surface area contributed by atoms with Crippen molar-refractivity contribution >= 4 is 55.4 Å². The Morgan fingerprint density at radius 1 is 0.944 bits per heavy atom. The average molecular weight is 332 g/mol. The van der Waals surface area contributed by atoms with Gasteiger partial charge in [0.25, 0.3) is 0 Å². The lowest BCUT2D eigenvalue weighted by molar-refractivity contribution is -0.136. The summed E-state index contributed by atoms with van der Waals surface area (Å²) in [5.74, 6) is -0.566. The molecule has 0 saturated carbocycles. The zero-order chi connectivity index (χ0) is 14.0. The van der Waals surface area contributed by atoms with E-state index in [-0.39, 0.29) is 0 Å². The van der Waals surface area contributed by atoms with Crippen molar-refractivity contribution in [3.05, 3.63) is 0 Å². The molecule has 0 aliphatic heterocycles. The Morgan fingerprint density at radius 3 is 1.56 bits per heavy atom. The Balaban J connectivity index is 3.55. The Hall–Kier alpha value is 0.260. The molecule has 0 bridgehead atoms. The summed E-state index contributed by atoms with van der Waals surface area (Å²) in [4.78, 5) is 22.4. The fourth-order valence-electron chi connectivity index (χ4n) is 0.492. The average Bonchev–Trinajstić information content (AvgIpc) is 2.29. The van der Waals surface area contributed by atoms with Crippen LogP contribution in [0.25, 0.3) is 0 Å². The minimum atomic E-state index is -0.747. The second-order valence-corrected chi connectivity index (χ2v) is 7.59. The standard InChI is InChI=1S/C8H16N2O4S4/c1-5(11)3-15-17-9-7(13)8(14)10-18-16-4-6(2)12/h5-6,11-12H,3-4H2,1-2H3,(H,9,13)(H,10,14). The highest BCUT2D eigenvalue weighted by atomic mass is 33.1. The van der Waals surface area contributed by atoms with Crippen LogP contribution in [0, 0.1) is 0 Å². The molecule has 0 aromatic heterocycles. The van der Waals surface area contributed by atoms with Gasteiger partial charge in [0, 0.05) is 33.5 Å². The van der Waals surface area contributed by atoms with Crippen LogP contribution in [0.4, 0.5) is 0 Å². The zero-order valence-corrected chi connectivity index (χ0v) is 13.2. The third-order valence-corrected chi connectivity index (χ3v) is 5.25. The van der Waals surface area contributed by atoms with Crippen molar-refractivity contribution in [2.75, 3.05) is 11.5 Å². The van der Waals surface area contributed by atoms with Crippen molar-refractivity contribution in [3.63, 3.8) is 0 Å². The topological polar surface area (TPSA) is 98.7 Å². The van der Waals surface area contributed by atoms with E-state index in [1.165, 1.54) is 21.6 Å². The maximum absolute atomic E-state index is 11.2. The maximum atomic E-state index is 11.2. The summed E-state index contributed by atoms with van der Waals surface area (Å²) in [7, 11) is 4.50. The van der Waals surface area contributed by atoms with Gasteiger partial charge in [-0.05, 0) is 13.8 Å². The van der Waals surface area contributed by atoms with Crippen LogP contribution >= 0.6 is 43.5 Å². The monoisotopic (exact) mass is 332 g/mol. The van der Waals surface area contributed by atoms with E-state index < -0.39 is 24.0 Å². The summed E-state index contributed by atoms with van der Waals surface area (Å²) in [6, 6.07) is 0. The molecule has 0 aliphatic rings. The quantitative estimate of drug-likeness (QED) is 0.222. The van der Waals surface area contributed by atoms with Gasteiger partial charge >= 0.3 is 11.8 Å². The number of rotatable bonds is 8. The molecule has 6 nitrogen and oxygen atoms in total. The normalized spacial score (nSPS) is 13.8. The molecule has 0 rings (SSSR count). The van der Waals surface area contributed by atoms with Gasteiger partial charge in [0.15, 0.2) is 0 Å². The van der Waals surface area contributed by atoms with Gasteiger partial charge in [0.05, 0.1) is 12.2 Å².